The first-order valence-corrected chi connectivity index (χ1v) is 8.22. The summed E-state index contributed by atoms with van der Waals surface area (Å²) in [6.07, 6.45) is 9.22. The van der Waals surface area contributed by atoms with Gasteiger partial charge in [0.1, 0.15) is 0 Å². The van der Waals surface area contributed by atoms with Crippen molar-refractivity contribution in [1.29, 1.82) is 0 Å². The zero-order valence-electron chi connectivity index (χ0n) is 13.2. The third kappa shape index (κ3) is 3.23. The van der Waals surface area contributed by atoms with Gasteiger partial charge in [0.25, 0.3) is 0 Å². The molecular weight excluding hydrogens is 292 g/mol. The monoisotopic (exact) mass is 314 g/mol. The van der Waals surface area contributed by atoms with E-state index in [0.29, 0.717) is 0 Å². The normalized spacial score (nSPS) is 21.7. The highest BCUT2D eigenvalue weighted by Crippen LogP contribution is 2.31. The van der Waals surface area contributed by atoms with Crippen molar-refractivity contribution < 1.29 is 9.15 Å². The number of morpholine rings is 1. The van der Waals surface area contributed by atoms with Crippen molar-refractivity contribution in [3.8, 4) is 0 Å². The van der Waals surface area contributed by atoms with E-state index < -0.39 is 0 Å². The molecule has 0 N–H and O–H groups in total. The highest BCUT2D eigenvalue weighted by molar-refractivity contribution is 5.29. The number of ether oxygens (including phenoxy) is 1. The molecule has 4 rings (SSSR count). The van der Waals surface area contributed by atoms with Crippen LogP contribution in [0.3, 0.4) is 0 Å². The van der Waals surface area contributed by atoms with E-state index in [1.807, 2.05) is 18.4 Å². The van der Waals surface area contributed by atoms with E-state index in [4.69, 9.17) is 9.15 Å². The van der Waals surface area contributed by atoms with Crippen molar-refractivity contribution in [2.75, 3.05) is 37.7 Å². The predicted molar refractivity (Wildman–Crippen MR) is 86.1 cm³/mol. The molecule has 0 aromatic carbocycles. The quantitative estimate of drug-likeness (QED) is 0.863. The van der Waals surface area contributed by atoms with Gasteiger partial charge in [-0.15, -0.1) is 0 Å². The van der Waals surface area contributed by atoms with E-state index in [1.165, 1.54) is 5.56 Å². The minimum absolute atomic E-state index is 0.0206. The van der Waals surface area contributed by atoms with Gasteiger partial charge in [-0.1, -0.05) is 0 Å². The molecule has 2 aromatic heterocycles. The lowest BCUT2D eigenvalue weighted by Crippen LogP contribution is -2.56. The molecule has 2 fully saturated rings. The summed E-state index contributed by atoms with van der Waals surface area (Å²) in [5.74, 6) is 0.827. The first kappa shape index (κ1) is 14.7. The van der Waals surface area contributed by atoms with Gasteiger partial charge in [-0.05, 0) is 25.0 Å². The zero-order valence-corrected chi connectivity index (χ0v) is 13.2. The highest BCUT2D eigenvalue weighted by Gasteiger charge is 2.40. The minimum atomic E-state index is -0.0206. The van der Waals surface area contributed by atoms with Gasteiger partial charge >= 0.3 is 0 Å². The summed E-state index contributed by atoms with van der Waals surface area (Å²) in [5.41, 5.74) is 1.21. The molecule has 6 nitrogen and oxygen atoms in total. The molecule has 6 heteroatoms. The van der Waals surface area contributed by atoms with Crippen LogP contribution in [0.5, 0.6) is 0 Å². The smallest absolute Gasteiger partial charge is 0.225 e. The lowest BCUT2D eigenvalue weighted by Gasteiger charge is -2.47. The Morgan fingerprint density at radius 1 is 1.13 bits per heavy atom. The lowest BCUT2D eigenvalue weighted by atomic mass is 9.89. The number of nitrogens with zero attached hydrogens (tertiary/aromatic N) is 4. The maximum absolute atomic E-state index is 6.21. The van der Waals surface area contributed by atoms with E-state index in [-0.39, 0.29) is 5.60 Å². The van der Waals surface area contributed by atoms with Crippen LogP contribution < -0.4 is 4.90 Å². The van der Waals surface area contributed by atoms with Gasteiger partial charge in [0.2, 0.25) is 5.95 Å². The van der Waals surface area contributed by atoms with Gasteiger partial charge < -0.3 is 14.1 Å². The molecule has 2 aliphatic heterocycles. The number of piperidine rings is 1. The maximum atomic E-state index is 6.21. The summed E-state index contributed by atoms with van der Waals surface area (Å²) >= 11 is 0. The topological polar surface area (TPSA) is 54.6 Å². The molecule has 0 unspecified atom stereocenters. The van der Waals surface area contributed by atoms with Crippen molar-refractivity contribution in [1.82, 2.24) is 14.9 Å². The van der Waals surface area contributed by atoms with Crippen LogP contribution in [0, 0.1) is 0 Å². The molecule has 1 spiro atoms. The maximum Gasteiger partial charge on any atom is 0.225 e. The van der Waals surface area contributed by atoms with Crippen LogP contribution in [0.25, 0.3) is 0 Å². The third-order valence-corrected chi connectivity index (χ3v) is 4.82. The van der Waals surface area contributed by atoms with Crippen LogP contribution in [0.1, 0.15) is 18.4 Å². The Balaban J connectivity index is 1.38. The molecule has 4 heterocycles. The lowest BCUT2D eigenvalue weighted by molar-refractivity contribution is -0.122. The number of furan rings is 1. The SMILES string of the molecule is c1cnc(N2CCC3(CC2)CN(Cc2ccoc2)CCO3)nc1. The Hall–Kier alpha value is -1.92. The first-order valence-electron chi connectivity index (χ1n) is 8.22. The molecule has 0 aliphatic carbocycles. The molecule has 2 aliphatic rings. The predicted octanol–water partition coefficient (Wildman–Crippen LogP) is 1.94. The van der Waals surface area contributed by atoms with Gasteiger partial charge in [-0.2, -0.15) is 0 Å². The molecule has 122 valence electrons. The second-order valence-corrected chi connectivity index (χ2v) is 6.41. The van der Waals surface area contributed by atoms with Crippen LogP contribution in [-0.2, 0) is 11.3 Å². The van der Waals surface area contributed by atoms with Gasteiger partial charge in [0.05, 0.1) is 24.7 Å². The van der Waals surface area contributed by atoms with Crippen LogP contribution in [0.4, 0.5) is 5.95 Å². The van der Waals surface area contributed by atoms with Crippen molar-refractivity contribution in [2.45, 2.75) is 25.0 Å². The number of rotatable bonds is 3. The Morgan fingerprint density at radius 3 is 2.70 bits per heavy atom. The largest absolute Gasteiger partial charge is 0.472 e. The Bertz CT molecular complexity index is 609. The standard InChI is InChI=1S/C17H22N4O2/c1-5-18-16(19-6-1)21-7-3-17(4-8-21)14-20(9-11-23-17)12-15-2-10-22-13-15/h1-2,5-6,10,13H,3-4,7-9,11-12,14H2. The van der Waals surface area contributed by atoms with Crippen molar-refractivity contribution >= 4 is 5.95 Å². The second-order valence-electron chi connectivity index (χ2n) is 6.41. The summed E-state index contributed by atoms with van der Waals surface area (Å²) < 4.78 is 11.4. The zero-order chi connectivity index (χ0) is 15.5. The van der Waals surface area contributed by atoms with Crippen molar-refractivity contribution in [3.05, 3.63) is 42.6 Å². The fraction of sp³-hybridized carbons (Fsp3) is 0.529. The summed E-state index contributed by atoms with van der Waals surface area (Å²) in [6.45, 7) is 5.61. The third-order valence-electron chi connectivity index (χ3n) is 4.82. The number of hydrogen-bond donors (Lipinski definition) is 0. The summed E-state index contributed by atoms with van der Waals surface area (Å²) in [4.78, 5) is 13.4. The van der Waals surface area contributed by atoms with Crippen molar-refractivity contribution in [3.63, 3.8) is 0 Å². The van der Waals surface area contributed by atoms with Gasteiger partial charge in [-0.3, -0.25) is 4.90 Å². The van der Waals surface area contributed by atoms with Crippen LogP contribution in [0.15, 0.2) is 41.5 Å². The average molecular weight is 314 g/mol. The van der Waals surface area contributed by atoms with Crippen LogP contribution in [0.2, 0.25) is 0 Å². The van der Waals surface area contributed by atoms with Crippen LogP contribution in [-0.4, -0.2) is 53.3 Å². The number of aromatic nitrogens is 2. The van der Waals surface area contributed by atoms with Gasteiger partial charge in [0.15, 0.2) is 0 Å². The molecular formula is C17H22N4O2. The molecule has 0 saturated carbocycles. The van der Waals surface area contributed by atoms with Gasteiger partial charge in [0, 0.05) is 50.7 Å². The van der Waals surface area contributed by atoms with E-state index in [0.717, 1.165) is 58.1 Å². The Labute approximate surface area is 136 Å². The van der Waals surface area contributed by atoms with E-state index >= 15 is 0 Å². The summed E-state index contributed by atoms with van der Waals surface area (Å²) in [7, 11) is 0. The van der Waals surface area contributed by atoms with Gasteiger partial charge in [-0.25, -0.2) is 9.97 Å². The molecule has 0 atom stereocenters. The van der Waals surface area contributed by atoms with Crippen molar-refractivity contribution in [2.24, 2.45) is 0 Å². The molecule has 0 radical (unpaired) electrons. The highest BCUT2D eigenvalue weighted by atomic mass is 16.5. The summed E-state index contributed by atoms with van der Waals surface area (Å²) in [6, 6.07) is 3.89. The summed E-state index contributed by atoms with van der Waals surface area (Å²) in [5, 5.41) is 0. The molecule has 23 heavy (non-hydrogen) atoms. The first-order chi connectivity index (χ1) is 11.3. The second kappa shape index (κ2) is 6.29. The Morgan fingerprint density at radius 2 is 1.96 bits per heavy atom. The number of anilines is 1. The molecule has 2 saturated heterocycles. The van der Waals surface area contributed by atoms with E-state index in [9.17, 15) is 0 Å². The van der Waals surface area contributed by atoms with E-state index in [2.05, 4.69) is 19.8 Å². The molecule has 0 bridgehead atoms. The fourth-order valence-electron chi connectivity index (χ4n) is 3.57. The fourth-order valence-corrected chi connectivity index (χ4v) is 3.57. The average Bonchev–Trinajstić information content (AvgIpc) is 3.10. The molecule has 2 aromatic rings. The van der Waals surface area contributed by atoms with E-state index in [1.54, 1.807) is 18.7 Å². The van der Waals surface area contributed by atoms with Crippen LogP contribution >= 0.6 is 0 Å². The number of hydrogen-bond acceptors (Lipinski definition) is 6. The Kier molecular flexibility index (Phi) is 4.01. The molecule has 0 amide bonds. The minimum Gasteiger partial charge on any atom is -0.472 e.